The normalized spacial score (nSPS) is 17.3. The highest BCUT2D eigenvalue weighted by Gasteiger charge is 2.25. The third-order valence-electron chi connectivity index (χ3n) is 3.83. The quantitative estimate of drug-likeness (QED) is 0.723. The van der Waals surface area contributed by atoms with Crippen LogP contribution in [0.4, 0.5) is 0 Å². The van der Waals surface area contributed by atoms with E-state index in [0.717, 1.165) is 29.1 Å². The Labute approximate surface area is 133 Å². The maximum atomic E-state index is 6.12. The van der Waals surface area contributed by atoms with Gasteiger partial charge in [0.2, 0.25) is 0 Å². The van der Waals surface area contributed by atoms with Crippen LogP contribution in [0.2, 0.25) is 5.02 Å². The van der Waals surface area contributed by atoms with Crippen molar-refractivity contribution in [1.29, 1.82) is 0 Å². The van der Waals surface area contributed by atoms with Gasteiger partial charge in [0.15, 0.2) is 0 Å². The molecule has 1 unspecified atom stereocenters. The van der Waals surface area contributed by atoms with Crippen molar-refractivity contribution in [3.63, 3.8) is 0 Å². The average molecular weight is 321 g/mol. The summed E-state index contributed by atoms with van der Waals surface area (Å²) in [6, 6.07) is 6.11. The monoisotopic (exact) mass is 320 g/mol. The van der Waals surface area contributed by atoms with Gasteiger partial charge in [-0.05, 0) is 30.2 Å². The third-order valence-corrected chi connectivity index (χ3v) is 4.06. The number of benzene rings is 1. The second kappa shape index (κ2) is 5.64. The van der Waals surface area contributed by atoms with Crippen molar-refractivity contribution in [2.45, 2.75) is 12.5 Å². The highest BCUT2D eigenvalue weighted by molar-refractivity contribution is 6.31. The number of aromatic nitrogens is 3. The van der Waals surface area contributed by atoms with Gasteiger partial charge >= 0.3 is 0 Å². The standard InChI is InChI=1S/C15H13ClN4.ClH/c16-10-1-2-13-12(5-10)11-3-4-19-14(15(11)20-13)9-6-17-8-18-7-9;/h1-2,5-8,14,19-20H,3-4H2;1H. The van der Waals surface area contributed by atoms with E-state index >= 15 is 0 Å². The summed E-state index contributed by atoms with van der Waals surface area (Å²) in [4.78, 5) is 11.7. The molecule has 4 nitrogen and oxygen atoms in total. The average Bonchev–Trinajstić information content (AvgIpc) is 2.86. The van der Waals surface area contributed by atoms with Crippen molar-refractivity contribution in [3.05, 3.63) is 58.8 Å². The fourth-order valence-corrected chi connectivity index (χ4v) is 3.12. The summed E-state index contributed by atoms with van der Waals surface area (Å²) in [7, 11) is 0. The van der Waals surface area contributed by atoms with Crippen LogP contribution in [0, 0.1) is 0 Å². The number of aromatic amines is 1. The second-order valence-corrected chi connectivity index (χ2v) is 5.45. The number of H-pyrrole nitrogens is 1. The van der Waals surface area contributed by atoms with E-state index in [0.29, 0.717) is 0 Å². The zero-order valence-electron chi connectivity index (χ0n) is 11.1. The van der Waals surface area contributed by atoms with Crippen molar-refractivity contribution in [2.24, 2.45) is 0 Å². The molecule has 0 radical (unpaired) electrons. The van der Waals surface area contributed by atoms with E-state index in [1.54, 1.807) is 6.33 Å². The summed E-state index contributed by atoms with van der Waals surface area (Å²) in [6.07, 6.45) is 6.27. The van der Waals surface area contributed by atoms with Gasteiger partial charge < -0.3 is 10.3 Å². The molecular formula is C15H14Cl2N4. The smallest absolute Gasteiger partial charge is 0.115 e. The molecule has 0 saturated heterocycles. The molecule has 2 aromatic heterocycles. The first kappa shape index (κ1) is 14.3. The van der Waals surface area contributed by atoms with Gasteiger partial charge in [0.25, 0.3) is 0 Å². The van der Waals surface area contributed by atoms with Crippen LogP contribution in [0.1, 0.15) is 22.9 Å². The molecule has 1 aliphatic rings. The molecule has 6 heteroatoms. The number of nitrogens with one attached hydrogen (secondary N) is 2. The molecule has 0 aliphatic carbocycles. The molecule has 0 fully saturated rings. The highest BCUT2D eigenvalue weighted by atomic mass is 35.5. The first-order chi connectivity index (χ1) is 9.83. The zero-order valence-corrected chi connectivity index (χ0v) is 12.7. The number of rotatable bonds is 1. The van der Waals surface area contributed by atoms with Crippen LogP contribution in [0.3, 0.4) is 0 Å². The van der Waals surface area contributed by atoms with Crippen molar-refractivity contribution in [2.75, 3.05) is 6.54 Å². The predicted octanol–water partition coefficient (Wildman–Crippen LogP) is 3.27. The number of halogens is 2. The SMILES string of the molecule is Cl.Clc1ccc2[nH]c3c(c2c1)CCNC3c1cncnc1. The minimum atomic E-state index is 0. The lowest BCUT2D eigenvalue weighted by Gasteiger charge is -2.24. The van der Waals surface area contributed by atoms with Gasteiger partial charge in [-0.15, -0.1) is 12.4 Å². The maximum Gasteiger partial charge on any atom is 0.115 e. The lowest BCUT2D eigenvalue weighted by Crippen LogP contribution is -2.30. The van der Waals surface area contributed by atoms with E-state index in [1.807, 2.05) is 30.6 Å². The minimum absolute atomic E-state index is 0. The summed E-state index contributed by atoms with van der Waals surface area (Å²) in [5.41, 5.74) is 4.74. The van der Waals surface area contributed by atoms with Crippen LogP contribution >= 0.6 is 24.0 Å². The van der Waals surface area contributed by atoms with E-state index in [-0.39, 0.29) is 18.4 Å². The third kappa shape index (κ3) is 2.39. The van der Waals surface area contributed by atoms with Crippen LogP contribution in [0.5, 0.6) is 0 Å². The Morgan fingerprint density at radius 2 is 2.00 bits per heavy atom. The number of nitrogens with zero attached hydrogens (tertiary/aromatic N) is 2. The van der Waals surface area contributed by atoms with Crippen LogP contribution in [-0.2, 0) is 6.42 Å². The van der Waals surface area contributed by atoms with Crippen molar-refractivity contribution in [3.8, 4) is 0 Å². The largest absolute Gasteiger partial charge is 0.357 e. The molecule has 1 aromatic carbocycles. The highest BCUT2D eigenvalue weighted by Crippen LogP contribution is 2.34. The summed E-state index contributed by atoms with van der Waals surface area (Å²) < 4.78 is 0. The van der Waals surface area contributed by atoms with E-state index in [2.05, 4.69) is 20.3 Å². The van der Waals surface area contributed by atoms with Gasteiger partial charge in [-0.3, -0.25) is 0 Å². The Hall–Kier alpha value is -1.62. The van der Waals surface area contributed by atoms with Gasteiger partial charge in [0.05, 0.1) is 6.04 Å². The van der Waals surface area contributed by atoms with Crippen molar-refractivity contribution < 1.29 is 0 Å². The Morgan fingerprint density at radius 1 is 1.19 bits per heavy atom. The van der Waals surface area contributed by atoms with Crippen LogP contribution in [0.15, 0.2) is 36.9 Å². The molecule has 1 atom stereocenters. The Bertz CT molecular complexity index is 770. The van der Waals surface area contributed by atoms with Gasteiger partial charge in [-0.2, -0.15) is 0 Å². The minimum Gasteiger partial charge on any atom is -0.357 e. The molecule has 4 rings (SSSR count). The first-order valence-electron chi connectivity index (χ1n) is 6.61. The Kier molecular flexibility index (Phi) is 3.85. The lowest BCUT2D eigenvalue weighted by molar-refractivity contribution is 0.557. The van der Waals surface area contributed by atoms with Crippen LogP contribution < -0.4 is 5.32 Å². The van der Waals surface area contributed by atoms with Crippen LogP contribution in [-0.4, -0.2) is 21.5 Å². The predicted molar refractivity (Wildman–Crippen MR) is 86.1 cm³/mol. The first-order valence-corrected chi connectivity index (χ1v) is 6.99. The molecule has 108 valence electrons. The molecule has 2 N–H and O–H groups in total. The van der Waals surface area contributed by atoms with Crippen LogP contribution in [0.25, 0.3) is 10.9 Å². The molecule has 0 amide bonds. The van der Waals surface area contributed by atoms with Gasteiger partial charge in [-0.25, -0.2) is 9.97 Å². The Balaban J connectivity index is 0.00000132. The van der Waals surface area contributed by atoms with Gasteiger partial charge in [0.1, 0.15) is 6.33 Å². The molecule has 21 heavy (non-hydrogen) atoms. The molecule has 0 saturated carbocycles. The summed E-state index contributed by atoms with van der Waals surface area (Å²) in [6.45, 7) is 0.937. The summed E-state index contributed by atoms with van der Waals surface area (Å²) in [5, 5.41) is 5.52. The second-order valence-electron chi connectivity index (χ2n) is 5.02. The zero-order chi connectivity index (χ0) is 13.5. The van der Waals surface area contributed by atoms with Gasteiger partial charge in [-0.1, -0.05) is 11.6 Å². The van der Waals surface area contributed by atoms with Crippen molar-refractivity contribution >= 4 is 34.9 Å². The molecule has 1 aliphatic heterocycles. The van der Waals surface area contributed by atoms with E-state index in [9.17, 15) is 0 Å². The molecular weight excluding hydrogens is 307 g/mol. The number of hydrogen-bond acceptors (Lipinski definition) is 3. The molecule has 0 bridgehead atoms. The number of hydrogen-bond donors (Lipinski definition) is 2. The summed E-state index contributed by atoms with van der Waals surface area (Å²) in [5.74, 6) is 0. The lowest BCUT2D eigenvalue weighted by atomic mass is 9.96. The molecule has 3 heterocycles. The number of fused-ring (bicyclic) bond motifs is 3. The Morgan fingerprint density at radius 3 is 2.81 bits per heavy atom. The molecule has 0 spiro atoms. The fourth-order valence-electron chi connectivity index (χ4n) is 2.94. The maximum absolute atomic E-state index is 6.12. The topological polar surface area (TPSA) is 53.6 Å². The van der Waals surface area contributed by atoms with E-state index < -0.39 is 0 Å². The van der Waals surface area contributed by atoms with E-state index in [1.165, 1.54) is 16.6 Å². The molecule has 3 aromatic rings. The summed E-state index contributed by atoms with van der Waals surface area (Å²) >= 11 is 6.12. The van der Waals surface area contributed by atoms with Gasteiger partial charge in [0, 0.05) is 46.1 Å². The van der Waals surface area contributed by atoms with E-state index in [4.69, 9.17) is 11.6 Å². The van der Waals surface area contributed by atoms with Crippen molar-refractivity contribution in [1.82, 2.24) is 20.3 Å². The fraction of sp³-hybridized carbons (Fsp3) is 0.200.